The van der Waals surface area contributed by atoms with Crippen LogP contribution < -0.4 is 0 Å². The van der Waals surface area contributed by atoms with E-state index in [1.807, 2.05) is 6.08 Å². The van der Waals surface area contributed by atoms with Crippen molar-refractivity contribution in [2.24, 2.45) is 5.92 Å². The Bertz CT molecular complexity index is 248. The van der Waals surface area contributed by atoms with Gasteiger partial charge in [-0.15, -0.1) is 6.58 Å². The van der Waals surface area contributed by atoms with Crippen LogP contribution in [0.5, 0.6) is 0 Å². The van der Waals surface area contributed by atoms with Gasteiger partial charge in [0.05, 0.1) is 5.60 Å². The third-order valence-electron chi connectivity index (χ3n) is 3.22. The van der Waals surface area contributed by atoms with Gasteiger partial charge in [-0.3, -0.25) is 0 Å². The lowest BCUT2D eigenvalue weighted by atomic mass is 9.72. The van der Waals surface area contributed by atoms with E-state index in [2.05, 4.69) is 27.4 Å². The molecule has 0 unspecified atom stereocenters. The van der Waals surface area contributed by atoms with E-state index in [0.717, 1.165) is 12.8 Å². The highest BCUT2D eigenvalue weighted by Gasteiger charge is 2.36. The van der Waals surface area contributed by atoms with E-state index in [9.17, 15) is 5.11 Å². The molecule has 14 heavy (non-hydrogen) atoms. The molecule has 1 N–H and O–H groups in total. The van der Waals surface area contributed by atoms with Crippen molar-refractivity contribution in [1.29, 1.82) is 0 Å². The van der Waals surface area contributed by atoms with E-state index in [1.165, 1.54) is 17.6 Å². The van der Waals surface area contributed by atoms with Gasteiger partial charge >= 0.3 is 0 Å². The zero-order valence-electron chi connectivity index (χ0n) is 9.64. The Kier molecular flexibility index (Phi) is 3.54. The molecule has 0 aromatic heterocycles. The van der Waals surface area contributed by atoms with Crippen molar-refractivity contribution in [2.45, 2.75) is 52.1 Å². The summed E-state index contributed by atoms with van der Waals surface area (Å²) in [5.41, 5.74) is 1.93. The molecule has 0 radical (unpaired) electrons. The lowest BCUT2D eigenvalue weighted by Crippen LogP contribution is -2.37. The number of rotatable bonds is 2. The molecule has 1 rings (SSSR count). The zero-order valence-corrected chi connectivity index (χ0v) is 9.64. The molecule has 0 amide bonds. The molecule has 0 aliphatic heterocycles. The highest BCUT2D eigenvalue weighted by Crippen LogP contribution is 2.40. The van der Waals surface area contributed by atoms with Crippen LogP contribution in [0.3, 0.4) is 0 Å². The first-order valence-corrected chi connectivity index (χ1v) is 5.49. The summed E-state index contributed by atoms with van der Waals surface area (Å²) in [6.45, 7) is 10.1. The molecule has 2 atom stereocenters. The van der Waals surface area contributed by atoms with Gasteiger partial charge in [0, 0.05) is 0 Å². The van der Waals surface area contributed by atoms with Crippen molar-refractivity contribution in [2.75, 3.05) is 0 Å². The van der Waals surface area contributed by atoms with Gasteiger partial charge < -0.3 is 5.11 Å². The molecule has 1 heteroatoms. The quantitative estimate of drug-likeness (QED) is 0.667. The fourth-order valence-electron chi connectivity index (χ4n) is 2.59. The van der Waals surface area contributed by atoms with Gasteiger partial charge in [-0.05, 0) is 51.0 Å². The standard InChI is InChI=1S/C13H22O/c1-5-8-13(14)9-11(4)6-7-12(13)10(2)3/h5,11,14H,1,6-9H2,2-4H3/t11-,13+/m1/s1. The summed E-state index contributed by atoms with van der Waals surface area (Å²) in [6.07, 6.45) is 5.67. The van der Waals surface area contributed by atoms with Gasteiger partial charge in [-0.2, -0.15) is 0 Å². The van der Waals surface area contributed by atoms with Crippen LogP contribution in [0.4, 0.5) is 0 Å². The summed E-state index contributed by atoms with van der Waals surface area (Å²) in [4.78, 5) is 0. The summed E-state index contributed by atoms with van der Waals surface area (Å²) in [5, 5.41) is 10.5. The monoisotopic (exact) mass is 194 g/mol. The van der Waals surface area contributed by atoms with E-state index < -0.39 is 5.60 Å². The van der Waals surface area contributed by atoms with Crippen molar-refractivity contribution in [1.82, 2.24) is 0 Å². The fraction of sp³-hybridized carbons (Fsp3) is 0.692. The van der Waals surface area contributed by atoms with Gasteiger partial charge in [0.2, 0.25) is 0 Å². The maximum absolute atomic E-state index is 10.5. The van der Waals surface area contributed by atoms with E-state index in [0.29, 0.717) is 12.3 Å². The van der Waals surface area contributed by atoms with Crippen LogP contribution in [0, 0.1) is 5.92 Å². The molecule has 1 saturated carbocycles. The van der Waals surface area contributed by atoms with E-state index in [1.54, 1.807) is 0 Å². The van der Waals surface area contributed by atoms with Gasteiger partial charge in [0.1, 0.15) is 0 Å². The number of aliphatic hydroxyl groups is 1. The van der Waals surface area contributed by atoms with Gasteiger partial charge in [0.15, 0.2) is 0 Å². The minimum atomic E-state index is -0.599. The van der Waals surface area contributed by atoms with Gasteiger partial charge in [-0.1, -0.05) is 18.6 Å². The van der Waals surface area contributed by atoms with Crippen LogP contribution in [0.2, 0.25) is 0 Å². The molecule has 1 fully saturated rings. The maximum atomic E-state index is 10.5. The average Bonchev–Trinajstić information content (AvgIpc) is 2.02. The predicted octanol–water partition coefficient (Wildman–Crippen LogP) is 3.45. The molecule has 0 aromatic carbocycles. The Morgan fingerprint density at radius 1 is 1.64 bits per heavy atom. The first-order valence-electron chi connectivity index (χ1n) is 5.49. The second-order valence-electron chi connectivity index (χ2n) is 4.85. The van der Waals surface area contributed by atoms with Crippen molar-refractivity contribution < 1.29 is 5.11 Å². The molecule has 0 saturated heterocycles. The summed E-state index contributed by atoms with van der Waals surface area (Å²) in [5.74, 6) is 0.628. The van der Waals surface area contributed by atoms with E-state index in [-0.39, 0.29) is 0 Å². The first-order chi connectivity index (χ1) is 6.49. The Morgan fingerprint density at radius 3 is 2.79 bits per heavy atom. The van der Waals surface area contributed by atoms with Crippen LogP contribution in [-0.4, -0.2) is 10.7 Å². The molecule has 1 aliphatic rings. The third-order valence-corrected chi connectivity index (χ3v) is 3.22. The van der Waals surface area contributed by atoms with Gasteiger partial charge in [0.25, 0.3) is 0 Å². The normalized spacial score (nSPS) is 32.9. The lowest BCUT2D eigenvalue weighted by molar-refractivity contribution is 0.0358. The Hall–Kier alpha value is -0.560. The highest BCUT2D eigenvalue weighted by molar-refractivity contribution is 5.25. The predicted molar refractivity (Wildman–Crippen MR) is 61.2 cm³/mol. The highest BCUT2D eigenvalue weighted by atomic mass is 16.3. The SMILES string of the molecule is C=CC[C@]1(O)C[C@H](C)CCC1=C(C)C. The van der Waals surface area contributed by atoms with Crippen LogP contribution in [0.1, 0.15) is 46.5 Å². The first kappa shape index (κ1) is 11.5. The minimum absolute atomic E-state index is 0.599. The number of allylic oxidation sites excluding steroid dienone is 1. The molecule has 1 aliphatic carbocycles. The van der Waals surface area contributed by atoms with Crippen molar-refractivity contribution in [3.05, 3.63) is 23.8 Å². The molecule has 0 aromatic rings. The third kappa shape index (κ3) is 2.27. The molecule has 0 heterocycles. The van der Waals surface area contributed by atoms with Crippen LogP contribution in [0.25, 0.3) is 0 Å². The summed E-state index contributed by atoms with van der Waals surface area (Å²) in [7, 11) is 0. The summed E-state index contributed by atoms with van der Waals surface area (Å²) in [6, 6.07) is 0. The second kappa shape index (κ2) is 4.31. The minimum Gasteiger partial charge on any atom is -0.385 e. The lowest BCUT2D eigenvalue weighted by Gasteiger charge is -2.38. The maximum Gasteiger partial charge on any atom is 0.0895 e. The molecular formula is C13H22O. The fourth-order valence-corrected chi connectivity index (χ4v) is 2.59. The Balaban J connectivity index is 2.94. The summed E-state index contributed by atoms with van der Waals surface area (Å²) < 4.78 is 0. The topological polar surface area (TPSA) is 20.2 Å². The van der Waals surface area contributed by atoms with E-state index in [4.69, 9.17) is 0 Å². The molecule has 0 bridgehead atoms. The second-order valence-corrected chi connectivity index (χ2v) is 4.85. The molecular weight excluding hydrogens is 172 g/mol. The average molecular weight is 194 g/mol. The van der Waals surface area contributed by atoms with Crippen molar-refractivity contribution in [3.8, 4) is 0 Å². The van der Waals surface area contributed by atoms with Crippen LogP contribution >= 0.6 is 0 Å². The zero-order chi connectivity index (χ0) is 10.8. The summed E-state index contributed by atoms with van der Waals surface area (Å²) >= 11 is 0. The van der Waals surface area contributed by atoms with Gasteiger partial charge in [-0.25, -0.2) is 0 Å². The van der Waals surface area contributed by atoms with E-state index >= 15 is 0 Å². The smallest absolute Gasteiger partial charge is 0.0895 e. The van der Waals surface area contributed by atoms with Crippen LogP contribution in [0.15, 0.2) is 23.8 Å². The van der Waals surface area contributed by atoms with Crippen molar-refractivity contribution >= 4 is 0 Å². The molecule has 0 spiro atoms. The molecule has 80 valence electrons. The van der Waals surface area contributed by atoms with Crippen molar-refractivity contribution in [3.63, 3.8) is 0 Å². The number of hydrogen-bond acceptors (Lipinski definition) is 1. The number of hydrogen-bond donors (Lipinski definition) is 1. The largest absolute Gasteiger partial charge is 0.385 e. The Labute approximate surface area is 87.5 Å². The molecule has 1 nitrogen and oxygen atoms in total. The Morgan fingerprint density at radius 2 is 2.29 bits per heavy atom. The van der Waals surface area contributed by atoms with Crippen LogP contribution in [-0.2, 0) is 0 Å².